The first-order chi connectivity index (χ1) is 8.69. The number of methoxy groups -OCH3 is 4. The van der Waals surface area contributed by atoms with Crippen molar-refractivity contribution in [1.29, 1.82) is 0 Å². The summed E-state index contributed by atoms with van der Waals surface area (Å²) in [6, 6.07) is 0. The highest BCUT2D eigenvalue weighted by Crippen LogP contribution is 2.55. The van der Waals surface area contributed by atoms with Crippen LogP contribution in [-0.4, -0.2) is 35.0 Å². The van der Waals surface area contributed by atoms with Crippen LogP contribution in [0.25, 0.3) is 0 Å². The van der Waals surface area contributed by atoms with Gasteiger partial charge in [-0.25, -0.2) is 0 Å². The Morgan fingerprint density at radius 2 is 1.33 bits per heavy atom. The molecule has 1 unspecified atom stereocenters. The van der Waals surface area contributed by atoms with E-state index in [1.807, 2.05) is 0 Å². The van der Waals surface area contributed by atoms with Gasteiger partial charge in [0.1, 0.15) is 6.10 Å². The van der Waals surface area contributed by atoms with E-state index in [1.54, 1.807) is 28.4 Å². The standard InChI is InChI=1S/C12H15BrO5/c1-14-9-7(6-5-18-6)8(13)10(15-2)12(17-4)11(9)16-3/h6H,5H2,1-4H3. The van der Waals surface area contributed by atoms with Gasteiger partial charge >= 0.3 is 0 Å². The molecule has 1 saturated heterocycles. The number of hydrogen-bond donors (Lipinski definition) is 0. The van der Waals surface area contributed by atoms with Crippen LogP contribution in [0.3, 0.4) is 0 Å². The van der Waals surface area contributed by atoms with E-state index in [4.69, 9.17) is 23.7 Å². The Kier molecular flexibility index (Phi) is 3.87. The third kappa shape index (κ3) is 1.99. The van der Waals surface area contributed by atoms with Crippen LogP contribution < -0.4 is 18.9 Å². The number of epoxide rings is 1. The van der Waals surface area contributed by atoms with Gasteiger partial charge in [0.2, 0.25) is 11.5 Å². The summed E-state index contributed by atoms with van der Waals surface area (Å²) in [6.45, 7) is 0.660. The summed E-state index contributed by atoms with van der Waals surface area (Å²) in [5, 5.41) is 0. The normalized spacial score (nSPS) is 17.3. The predicted molar refractivity (Wildman–Crippen MR) is 69.0 cm³/mol. The van der Waals surface area contributed by atoms with Crippen molar-refractivity contribution in [3.05, 3.63) is 10.0 Å². The molecule has 6 heteroatoms. The number of hydrogen-bond acceptors (Lipinski definition) is 5. The van der Waals surface area contributed by atoms with Crippen LogP contribution >= 0.6 is 15.9 Å². The van der Waals surface area contributed by atoms with Gasteiger partial charge in [0.25, 0.3) is 0 Å². The first-order valence-corrected chi connectivity index (χ1v) is 6.15. The van der Waals surface area contributed by atoms with Crippen LogP contribution in [0.1, 0.15) is 11.7 Å². The van der Waals surface area contributed by atoms with Gasteiger partial charge in [-0.3, -0.25) is 0 Å². The molecule has 0 amide bonds. The van der Waals surface area contributed by atoms with E-state index in [9.17, 15) is 0 Å². The van der Waals surface area contributed by atoms with Crippen LogP contribution in [0.15, 0.2) is 4.47 Å². The van der Waals surface area contributed by atoms with Crippen LogP contribution in [0, 0.1) is 0 Å². The first-order valence-electron chi connectivity index (χ1n) is 5.36. The summed E-state index contributed by atoms with van der Waals surface area (Å²) in [7, 11) is 6.28. The zero-order chi connectivity index (χ0) is 13.3. The fourth-order valence-electron chi connectivity index (χ4n) is 1.91. The molecule has 18 heavy (non-hydrogen) atoms. The largest absolute Gasteiger partial charge is 0.492 e. The van der Waals surface area contributed by atoms with E-state index in [1.165, 1.54) is 0 Å². The molecule has 1 atom stereocenters. The molecular formula is C12H15BrO5. The topological polar surface area (TPSA) is 49.5 Å². The number of benzene rings is 1. The summed E-state index contributed by atoms with van der Waals surface area (Å²) < 4.78 is 27.6. The molecule has 0 radical (unpaired) electrons. The molecule has 1 heterocycles. The summed E-state index contributed by atoms with van der Waals surface area (Å²) >= 11 is 3.51. The minimum absolute atomic E-state index is 0.00281. The molecule has 0 saturated carbocycles. The van der Waals surface area contributed by atoms with E-state index >= 15 is 0 Å². The Morgan fingerprint density at radius 3 is 1.72 bits per heavy atom. The maximum Gasteiger partial charge on any atom is 0.208 e. The predicted octanol–water partition coefficient (Wildman–Crippen LogP) is 2.55. The fourth-order valence-corrected chi connectivity index (χ4v) is 2.69. The van der Waals surface area contributed by atoms with Crippen LogP contribution in [0.5, 0.6) is 23.0 Å². The lowest BCUT2D eigenvalue weighted by Gasteiger charge is -2.19. The molecule has 0 bridgehead atoms. The van der Waals surface area contributed by atoms with Crippen LogP contribution in [0.2, 0.25) is 0 Å². The van der Waals surface area contributed by atoms with E-state index in [2.05, 4.69) is 15.9 Å². The number of ether oxygens (including phenoxy) is 5. The molecule has 0 aromatic heterocycles. The van der Waals surface area contributed by atoms with Gasteiger partial charge in [-0.15, -0.1) is 0 Å². The van der Waals surface area contributed by atoms with Crippen molar-refractivity contribution in [2.75, 3.05) is 35.0 Å². The summed E-state index contributed by atoms with van der Waals surface area (Å²) in [5.74, 6) is 2.17. The number of halogens is 1. The first kappa shape index (κ1) is 13.3. The van der Waals surface area contributed by atoms with Crippen molar-refractivity contribution in [3.63, 3.8) is 0 Å². The third-order valence-electron chi connectivity index (χ3n) is 2.77. The maximum absolute atomic E-state index is 5.42. The molecule has 1 fully saturated rings. The SMILES string of the molecule is COc1c(Br)c(C2CO2)c(OC)c(OC)c1OC. The average Bonchev–Trinajstić information content (AvgIpc) is 3.20. The van der Waals surface area contributed by atoms with Gasteiger partial charge in [0, 0.05) is 5.56 Å². The monoisotopic (exact) mass is 318 g/mol. The molecule has 1 aliphatic rings. The average molecular weight is 319 g/mol. The maximum atomic E-state index is 5.42. The van der Waals surface area contributed by atoms with Crippen LogP contribution in [-0.2, 0) is 4.74 Å². The quantitative estimate of drug-likeness (QED) is 0.781. The van der Waals surface area contributed by atoms with Crippen molar-refractivity contribution in [1.82, 2.24) is 0 Å². The van der Waals surface area contributed by atoms with E-state index in [0.29, 0.717) is 29.6 Å². The molecule has 100 valence electrons. The van der Waals surface area contributed by atoms with Gasteiger partial charge < -0.3 is 23.7 Å². The van der Waals surface area contributed by atoms with E-state index in [0.717, 1.165) is 10.0 Å². The van der Waals surface area contributed by atoms with E-state index < -0.39 is 0 Å². The highest BCUT2D eigenvalue weighted by Gasteiger charge is 2.36. The summed E-state index contributed by atoms with van der Waals surface area (Å²) in [4.78, 5) is 0. The Hall–Kier alpha value is -1.14. The smallest absolute Gasteiger partial charge is 0.208 e. The Bertz CT molecular complexity index is 457. The van der Waals surface area contributed by atoms with Gasteiger partial charge in [-0.2, -0.15) is 0 Å². The van der Waals surface area contributed by atoms with Crippen molar-refractivity contribution >= 4 is 15.9 Å². The molecule has 5 nitrogen and oxygen atoms in total. The van der Waals surface area contributed by atoms with E-state index in [-0.39, 0.29) is 6.10 Å². The second kappa shape index (κ2) is 5.24. The Balaban J connectivity index is 2.73. The van der Waals surface area contributed by atoms with Crippen molar-refractivity contribution in [3.8, 4) is 23.0 Å². The highest BCUT2D eigenvalue weighted by atomic mass is 79.9. The molecule has 2 rings (SSSR count). The van der Waals surface area contributed by atoms with Crippen molar-refractivity contribution in [2.45, 2.75) is 6.10 Å². The lowest BCUT2D eigenvalue weighted by Crippen LogP contribution is -2.02. The molecule has 0 N–H and O–H groups in total. The fraction of sp³-hybridized carbons (Fsp3) is 0.500. The van der Waals surface area contributed by atoms with Gasteiger partial charge in [-0.05, 0) is 15.9 Å². The zero-order valence-electron chi connectivity index (χ0n) is 10.7. The Morgan fingerprint density at radius 1 is 0.889 bits per heavy atom. The molecule has 1 aromatic rings. The zero-order valence-corrected chi connectivity index (χ0v) is 12.3. The summed E-state index contributed by atoms with van der Waals surface area (Å²) in [5.41, 5.74) is 0.881. The minimum atomic E-state index is 0.00281. The van der Waals surface area contributed by atoms with Gasteiger partial charge in [0.05, 0.1) is 39.5 Å². The molecule has 0 spiro atoms. The van der Waals surface area contributed by atoms with Crippen LogP contribution in [0.4, 0.5) is 0 Å². The second-order valence-corrected chi connectivity index (χ2v) is 4.48. The van der Waals surface area contributed by atoms with Gasteiger partial charge in [-0.1, -0.05) is 0 Å². The second-order valence-electron chi connectivity index (χ2n) is 3.68. The molecule has 1 aromatic carbocycles. The molecule has 1 aliphatic heterocycles. The van der Waals surface area contributed by atoms with Crippen molar-refractivity contribution < 1.29 is 23.7 Å². The highest BCUT2D eigenvalue weighted by molar-refractivity contribution is 9.10. The molecular weight excluding hydrogens is 304 g/mol. The third-order valence-corrected chi connectivity index (χ3v) is 3.56. The van der Waals surface area contributed by atoms with Gasteiger partial charge in [0.15, 0.2) is 11.5 Å². The lowest BCUT2D eigenvalue weighted by molar-refractivity contribution is 0.299. The molecule has 0 aliphatic carbocycles. The minimum Gasteiger partial charge on any atom is -0.492 e. The Labute approximate surface area is 114 Å². The lowest BCUT2D eigenvalue weighted by atomic mass is 10.1. The van der Waals surface area contributed by atoms with Crippen molar-refractivity contribution in [2.24, 2.45) is 0 Å². The summed E-state index contributed by atoms with van der Waals surface area (Å²) in [6.07, 6.45) is 0.00281. The number of rotatable bonds is 5.